The molecule has 3 heteroatoms. The summed E-state index contributed by atoms with van der Waals surface area (Å²) in [5, 5.41) is 0. The lowest BCUT2D eigenvalue weighted by Gasteiger charge is -2.29. The number of rotatable bonds is 0. The van der Waals surface area contributed by atoms with Crippen LogP contribution in [0.15, 0.2) is 36.4 Å². The van der Waals surface area contributed by atoms with E-state index in [0.29, 0.717) is 18.4 Å². The molecule has 0 saturated carbocycles. The van der Waals surface area contributed by atoms with Gasteiger partial charge in [0, 0.05) is 17.5 Å². The van der Waals surface area contributed by atoms with Crippen LogP contribution in [0.5, 0.6) is 0 Å². The molecule has 1 unspecified atom stereocenters. The fraction of sp³-hybridized carbons (Fsp3) is 0.231. The van der Waals surface area contributed by atoms with Crippen LogP contribution in [0.2, 0.25) is 0 Å². The summed E-state index contributed by atoms with van der Waals surface area (Å²) < 4.78 is 5.39. The van der Waals surface area contributed by atoms with Crippen molar-refractivity contribution in [1.29, 1.82) is 0 Å². The summed E-state index contributed by atoms with van der Waals surface area (Å²) in [6.07, 6.45) is 4.24. The smallest absolute Gasteiger partial charge is 0.307 e. The molecule has 1 aromatic rings. The Kier molecular flexibility index (Phi) is 1.78. The first-order valence-corrected chi connectivity index (χ1v) is 5.26. The summed E-state index contributed by atoms with van der Waals surface area (Å²) in [6.45, 7) is 0. The summed E-state index contributed by atoms with van der Waals surface area (Å²) in [6, 6.07) is 7.31. The Morgan fingerprint density at radius 1 is 1.19 bits per heavy atom. The summed E-state index contributed by atoms with van der Waals surface area (Å²) in [5.74, 6) is -0.224. The maximum Gasteiger partial charge on any atom is 0.307 e. The van der Waals surface area contributed by atoms with Crippen molar-refractivity contribution < 1.29 is 14.3 Å². The van der Waals surface area contributed by atoms with Crippen molar-refractivity contribution in [3.05, 3.63) is 47.5 Å². The first kappa shape index (κ1) is 9.33. The molecule has 16 heavy (non-hydrogen) atoms. The average molecular weight is 214 g/mol. The van der Waals surface area contributed by atoms with Crippen LogP contribution in [0, 0.1) is 0 Å². The number of hydrogen-bond acceptors (Lipinski definition) is 3. The standard InChI is InChI=1S/C13H10O3/c14-11-5-7-13(8-6-12(15)16-13)10-4-2-1-3-9(10)11/h1-5,7H,6,8H2. The third kappa shape index (κ3) is 1.14. The number of fused-ring (bicyclic) bond motifs is 2. The first-order chi connectivity index (χ1) is 7.71. The van der Waals surface area contributed by atoms with Gasteiger partial charge in [-0.05, 0) is 12.2 Å². The van der Waals surface area contributed by atoms with E-state index in [4.69, 9.17) is 4.74 Å². The molecule has 0 radical (unpaired) electrons. The van der Waals surface area contributed by atoms with Gasteiger partial charge in [0.25, 0.3) is 0 Å². The van der Waals surface area contributed by atoms with Gasteiger partial charge in [0.15, 0.2) is 11.4 Å². The van der Waals surface area contributed by atoms with Gasteiger partial charge in [0.05, 0.1) is 6.42 Å². The van der Waals surface area contributed by atoms with E-state index in [1.807, 2.05) is 18.2 Å². The zero-order chi connectivity index (χ0) is 11.2. The average Bonchev–Trinajstić information content (AvgIpc) is 2.68. The maximum absolute atomic E-state index is 11.7. The van der Waals surface area contributed by atoms with Crippen LogP contribution >= 0.6 is 0 Å². The predicted molar refractivity (Wildman–Crippen MR) is 56.9 cm³/mol. The molecule has 3 rings (SSSR count). The molecule has 3 nitrogen and oxygen atoms in total. The van der Waals surface area contributed by atoms with E-state index < -0.39 is 5.60 Å². The van der Waals surface area contributed by atoms with Gasteiger partial charge < -0.3 is 4.74 Å². The van der Waals surface area contributed by atoms with Crippen LogP contribution in [0.1, 0.15) is 28.8 Å². The molecule has 1 aromatic carbocycles. The normalized spacial score (nSPS) is 27.0. The molecule has 0 amide bonds. The number of carbonyl (C=O) groups excluding carboxylic acids is 2. The monoisotopic (exact) mass is 214 g/mol. The number of benzene rings is 1. The number of allylic oxidation sites excluding steroid dienone is 1. The molecule has 1 aliphatic heterocycles. The minimum Gasteiger partial charge on any atom is -0.450 e. The third-order valence-corrected chi connectivity index (χ3v) is 3.15. The van der Waals surface area contributed by atoms with Gasteiger partial charge in [0.2, 0.25) is 0 Å². The summed E-state index contributed by atoms with van der Waals surface area (Å²) >= 11 is 0. The zero-order valence-corrected chi connectivity index (χ0v) is 8.60. The zero-order valence-electron chi connectivity index (χ0n) is 8.60. The molecule has 0 N–H and O–H groups in total. The molecule has 1 fully saturated rings. The van der Waals surface area contributed by atoms with Crippen LogP contribution in [-0.4, -0.2) is 11.8 Å². The van der Waals surface area contributed by atoms with E-state index in [1.54, 1.807) is 12.1 Å². The molecule has 0 aromatic heterocycles. The first-order valence-electron chi connectivity index (χ1n) is 5.26. The van der Waals surface area contributed by atoms with Gasteiger partial charge in [-0.25, -0.2) is 0 Å². The van der Waals surface area contributed by atoms with Gasteiger partial charge in [-0.2, -0.15) is 0 Å². The van der Waals surface area contributed by atoms with E-state index in [-0.39, 0.29) is 11.8 Å². The number of ether oxygens (including phenoxy) is 1. The van der Waals surface area contributed by atoms with E-state index in [2.05, 4.69) is 0 Å². The van der Waals surface area contributed by atoms with E-state index in [1.165, 1.54) is 6.08 Å². The summed E-state index contributed by atoms with van der Waals surface area (Å²) in [7, 11) is 0. The molecular formula is C13H10O3. The van der Waals surface area contributed by atoms with Crippen LogP contribution < -0.4 is 0 Å². The molecule has 1 saturated heterocycles. The molecule has 1 spiro atoms. The molecule has 80 valence electrons. The molecule has 0 bridgehead atoms. The molecule has 1 atom stereocenters. The van der Waals surface area contributed by atoms with Crippen molar-refractivity contribution >= 4 is 11.8 Å². The molecule has 2 aliphatic rings. The van der Waals surface area contributed by atoms with Crippen molar-refractivity contribution in [1.82, 2.24) is 0 Å². The molecule has 1 heterocycles. The predicted octanol–water partition coefficient (Wildman–Crippen LogP) is 1.97. The Hall–Kier alpha value is -1.90. The summed E-state index contributed by atoms with van der Waals surface area (Å²) in [4.78, 5) is 22.9. The Balaban J connectivity index is 2.19. The van der Waals surface area contributed by atoms with Gasteiger partial charge in [0.1, 0.15) is 0 Å². The third-order valence-electron chi connectivity index (χ3n) is 3.15. The second-order valence-electron chi connectivity index (χ2n) is 4.11. The Labute approximate surface area is 92.7 Å². The highest BCUT2D eigenvalue weighted by Gasteiger charge is 2.43. The largest absolute Gasteiger partial charge is 0.450 e. The highest BCUT2D eigenvalue weighted by molar-refractivity contribution is 6.07. The topological polar surface area (TPSA) is 43.4 Å². The van der Waals surface area contributed by atoms with Crippen molar-refractivity contribution in [2.75, 3.05) is 0 Å². The van der Waals surface area contributed by atoms with E-state index in [0.717, 1.165) is 5.56 Å². The van der Waals surface area contributed by atoms with Crippen molar-refractivity contribution in [3.8, 4) is 0 Å². The Morgan fingerprint density at radius 3 is 2.75 bits per heavy atom. The quantitative estimate of drug-likeness (QED) is 0.620. The van der Waals surface area contributed by atoms with Crippen LogP contribution in [0.4, 0.5) is 0 Å². The van der Waals surface area contributed by atoms with Crippen LogP contribution in [-0.2, 0) is 15.1 Å². The van der Waals surface area contributed by atoms with Crippen LogP contribution in [0.25, 0.3) is 0 Å². The lowest BCUT2D eigenvalue weighted by atomic mass is 9.82. The second-order valence-corrected chi connectivity index (χ2v) is 4.11. The van der Waals surface area contributed by atoms with E-state index in [9.17, 15) is 9.59 Å². The van der Waals surface area contributed by atoms with Gasteiger partial charge in [-0.15, -0.1) is 0 Å². The fourth-order valence-electron chi connectivity index (χ4n) is 2.36. The van der Waals surface area contributed by atoms with Crippen molar-refractivity contribution in [2.24, 2.45) is 0 Å². The van der Waals surface area contributed by atoms with Gasteiger partial charge in [-0.1, -0.05) is 24.3 Å². The Bertz CT molecular complexity index is 516. The summed E-state index contributed by atoms with van der Waals surface area (Å²) in [5.41, 5.74) is 0.759. The second kappa shape index (κ2) is 3.04. The Morgan fingerprint density at radius 2 is 2.00 bits per heavy atom. The minimum absolute atomic E-state index is 0.0239. The fourth-order valence-corrected chi connectivity index (χ4v) is 2.36. The lowest BCUT2D eigenvalue weighted by molar-refractivity contribution is -0.145. The SMILES string of the molecule is O=C1CCC2(C=CC(=O)c3ccccc32)O1. The molecular weight excluding hydrogens is 204 g/mol. The van der Waals surface area contributed by atoms with Crippen LogP contribution in [0.3, 0.4) is 0 Å². The highest BCUT2D eigenvalue weighted by Crippen LogP contribution is 2.42. The number of esters is 1. The highest BCUT2D eigenvalue weighted by atomic mass is 16.6. The van der Waals surface area contributed by atoms with Crippen molar-refractivity contribution in [2.45, 2.75) is 18.4 Å². The van der Waals surface area contributed by atoms with Gasteiger partial charge >= 0.3 is 5.97 Å². The maximum atomic E-state index is 11.7. The van der Waals surface area contributed by atoms with Gasteiger partial charge in [-0.3, -0.25) is 9.59 Å². The van der Waals surface area contributed by atoms with E-state index >= 15 is 0 Å². The minimum atomic E-state index is -0.693. The lowest BCUT2D eigenvalue weighted by Crippen LogP contribution is -2.28. The number of hydrogen-bond donors (Lipinski definition) is 0. The number of carbonyl (C=O) groups is 2. The number of ketones is 1. The molecule has 1 aliphatic carbocycles. The van der Waals surface area contributed by atoms with Crippen molar-refractivity contribution in [3.63, 3.8) is 0 Å².